The number of carbonyl (C=O) groups excluding carboxylic acids is 1. The Morgan fingerprint density at radius 3 is 1.00 bits per heavy atom. The third kappa shape index (κ3) is 17.8. The van der Waals surface area contributed by atoms with Crippen LogP contribution >= 0.6 is 0 Å². The molecule has 1 aliphatic rings. The van der Waals surface area contributed by atoms with E-state index in [9.17, 15) is 4.79 Å². The van der Waals surface area contributed by atoms with E-state index in [1.54, 1.807) is 0 Å². The molecule has 3 heteroatoms. The van der Waals surface area contributed by atoms with E-state index in [0.29, 0.717) is 6.03 Å². The van der Waals surface area contributed by atoms with Gasteiger partial charge in [-0.1, -0.05) is 143 Å². The molecule has 3 nitrogen and oxygen atoms in total. The lowest BCUT2D eigenvalue weighted by Crippen LogP contribution is -2.33. The van der Waals surface area contributed by atoms with Gasteiger partial charge in [-0.05, 0) is 12.8 Å². The van der Waals surface area contributed by atoms with E-state index >= 15 is 0 Å². The molecule has 0 bridgehead atoms. The number of hydrogen-bond donors (Lipinski definition) is 0. The minimum atomic E-state index is 0.307. The van der Waals surface area contributed by atoms with Crippen LogP contribution in [0.5, 0.6) is 0 Å². The molecule has 0 N–H and O–H groups in total. The van der Waals surface area contributed by atoms with E-state index in [0.717, 1.165) is 26.2 Å². The molecule has 0 aromatic rings. The van der Waals surface area contributed by atoms with Crippen molar-refractivity contribution in [3.8, 4) is 0 Å². The van der Waals surface area contributed by atoms with Crippen molar-refractivity contribution in [1.82, 2.24) is 9.80 Å². The summed E-state index contributed by atoms with van der Waals surface area (Å²) >= 11 is 0. The van der Waals surface area contributed by atoms with E-state index < -0.39 is 0 Å². The van der Waals surface area contributed by atoms with Gasteiger partial charge in [-0.2, -0.15) is 0 Å². The average Bonchev–Trinajstić information content (AvgIpc) is 3.17. The maximum Gasteiger partial charge on any atom is 0.320 e. The van der Waals surface area contributed by atoms with E-state index in [2.05, 4.69) is 23.6 Å². The summed E-state index contributed by atoms with van der Waals surface area (Å²) in [5.41, 5.74) is 0. The molecule has 0 aromatic carbocycles. The van der Waals surface area contributed by atoms with Gasteiger partial charge in [0.1, 0.15) is 0 Å². The van der Waals surface area contributed by atoms with Gasteiger partial charge < -0.3 is 9.80 Å². The number of carbonyl (C=O) groups is 1. The van der Waals surface area contributed by atoms with Gasteiger partial charge in [0.2, 0.25) is 0 Å². The Kier molecular flexibility index (Phi) is 24.3. The van der Waals surface area contributed by atoms with Crippen LogP contribution in [0.2, 0.25) is 0 Å². The molecule has 2 amide bonds. The first-order valence-corrected chi connectivity index (χ1v) is 14.8. The Morgan fingerprint density at radius 2 is 0.719 bits per heavy atom. The second kappa shape index (κ2) is 24.9. The molecule has 32 heavy (non-hydrogen) atoms. The van der Waals surface area contributed by atoms with E-state index in [-0.39, 0.29) is 0 Å². The highest BCUT2D eigenvalue weighted by atomic mass is 16.2. The molecule has 0 saturated carbocycles. The summed E-state index contributed by atoms with van der Waals surface area (Å²) in [5.74, 6) is 0. The number of urea groups is 1. The van der Waals surface area contributed by atoms with Crippen LogP contribution in [-0.4, -0.2) is 42.0 Å². The van der Waals surface area contributed by atoms with Gasteiger partial charge >= 0.3 is 6.03 Å². The van der Waals surface area contributed by atoms with E-state index in [4.69, 9.17) is 0 Å². The highest BCUT2D eigenvalue weighted by molar-refractivity contribution is 5.76. The molecular weight excluding hydrogens is 392 g/mol. The SMILES string of the molecule is CC.CCCCCCCCCCCCN1CCN(CCCCCCCCCCCC)C1=O. The van der Waals surface area contributed by atoms with Crippen molar-refractivity contribution in [3.63, 3.8) is 0 Å². The van der Waals surface area contributed by atoms with Crippen molar-refractivity contribution in [1.29, 1.82) is 0 Å². The van der Waals surface area contributed by atoms with Crippen LogP contribution in [0.4, 0.5) is 4.79 Å². The van der Waals surface area contributed by atoms with Gasteiger partial charge in [0.05, 0.1) is 0 Å². The Bertz CT molecular complexity index is 351. The lowest BCUT2D eigenvalue weighted by molar-refractivity contribution is 0.190. The van der Waals surface area contributed by atoms with Crippen molar-refractivity contribution in [3.05, 3.63) is 0 Å². The average molecular weight is 453 g/mol. The summed E-state index contributed by atoms with van der Waals surface area (Å²) in [6.07, 6.45) is 27.2. The Hall–Kier alpha value is -0.730. The zero-order valence-electron chi connectivity index (χ0n) is 22.8. The van der Waals surface area contributed by atoms with Gasteiger partial charge in [-0.25, -0.2) is 4.79 Å². The van der Waals surface area contributed by atoms with Gasteiger partial charge in [-0.3, -0.25) is 0 Å². The summed E-state index contributed by atoms with van der Waals surface area (Å²) in [5, 5.41) is 0. The number of amides is 2. The second-order valence-electron chi connectivity index (χ2n) is 9.62. The predicted molar refractivity (Wildman–Crippen MR) is 144 cm³/mol. The van der Waals surface area contributed by atoms with E-state index in [1.807, 2.05) is 13.8 Å². The smallest absolute Gasteiger partial charge is 0.320 e. The zero-order chi connectivity index (χ0) is 23.7. The Morgan fingerprint density at radius 1 is 0.469 bits per heavy atom. The number of rotatable bonds is 22. The zero-order valence-corrected chi connectivity index (χ0v) is 22.8. The normalized spacial score (nSPS) is 13.6. The molecule has 0 unspecified atom stereocenters. The van der Waals surface area contributed by atoms with Gasteiger partial charge in [0.15, 0.2) is 0 Å². The van der Waals surface area contributed by atoms with Gasteiger partial charge in [-0.15, -0.1) is 0 Å². The van der Waals surface area contributed by atoms with Crippen LogP contribution in [0, 0.1) is 0 Å². The summed E-state index contributed by atoms with van der Waals surface area (Å²) in [6, 6.07) is 0.307. The molecule has 0 atom stereocenters. The number of nitrogens with zero attached hydrogens (tertiary/aromatic N) is 2. The molecule has 0 aliphatic carbocycles. The third-order valence-electron chi connectivity index (χ3n) is 6.74. The minimum absolute atomic E-state index is 0.307. The van der Waals surface area contributed by atoms with Gasteiger partial charge in [0.25, 0.3) is 0 Å². The highest BCUT2D eigenvalue weighted by Gasteiger charge is 2.26. The second-order valence-corrected chi connectivity index (χ2v) is 9.62. The maximum atomic E-state index is 12.5. The van der Waals surface area contributed by atoms with Crippen LogP contribution in [0.1, 0.15) is 156 Å². The van der Waals surface area contributed by atoms with Crippen molar-refractivity contribution >= 4 is 6.03 Å². The third-order valence-corrected chi connectivity index (χ3v) is 6.74. The summed E-state index contributed by atoms with van der Waals surface area (Å²) in [7, 11) is 0. The molecule has 1 rings (SSSR count). The molecule has 1 heterocycles. The first-order chi connectivity index (χ1) is 15.8. The summed E-state index contributed by atoms with van der Waals surface area (Å²) in [4.78, 5) is 16.7. The predicted octanol–water partition coefficient (Wildman–Crippen LogP) is 9.59. The monoisotopic (exact) mass is 452 g/mol. The summed E-state index contributed by atoms with van der Waals surface area (Å²) < 4.78 is 0. The molecular formula is C29H60N2O. The lowest BCUT2D eigenvalue weighted by atomic mass is 10.1. The Balaban J connectivity index is 0.00000466. The Labute approximate surface area is 203 Å². The standard InChI is InChI=1S/C27H54N2O.C2H6/c1-3-5-7-9-11-13-15-17-19-21-23-28-25-26-29(27(28)30)24-22-20-18-16-14-12-10-8-6-4-2;1-2/h3-26H2,1-2H3;1-2H3. The topological polar surface area (TPSA) is 23.6 Å². The van der Waals surface area contributed by atoms with Gasteiger partial charge in [0, 0.05) is 26.2 Å². The first kappa shape index (κ1) is 31.3. The molecule has 1 fully saturated rings. The fourth-order valence-corrected chi connectivity index (χ4v) is 4.63. The quantitative estimate of drug-likeness (QED) is 0.150. The van der Waals surface area contributed by atoms with E-state index in [1.165, 1.54) is 128 Å². The molecule has 0 spiro atoms. The van der Waals surface area contributed by atoms with Crippen LogP contribution < -0.4 is 0 Å². The van der Waals surface area contributed by atoms with Crippen LogP contribution in [-0.2, 0) is 0 Å². The molecule has 1 saturated heterocycles. The fourth-order valence-electron chi connectivity index (χ4n) is 4.63. The number of hydrogen-bond acceptors (Lipinski definition) is 1. The highest BCUT2D eigenvalue weighted by Crippen LogP contribution is 2.15. The van der Waals surface area contributed by atoms with Crippen molar-refractivity contribution in [2.45, 2.75) is 156 Å². The largest absolute Gasteiger partial charge is 0.323 e. The lowest BCUT2D eigenvalue weighted by Gasteiger charge is -2.18. The minimum Gasteiger partial charge on any atom is -0.323 e. The van der Waals surface area contributed by atoms with Crippen LogP contribution in [0.3, 0.4) is 0 Å². The maximum absolute atomic E-state index is 12.5. The van der Waals surface area contributed by atoms with Crippen molar-refractivity contribution < 1.29 is 4.79 Å². The molecule has 0 radical (unpaired) electrons. The molecule has 0 aromatic heterocycles. The van der Waals surface area contributed by atoms with Crippen LogP contribution in [0.25, 0.3) is 0 Å². The first-order valence-electron chi connectivity index (χ1n) is 14.8. The fraction of sp³-hybridized carbons (Fsp3) is 0.966. The van der Waals surface area contributed by atoms with Crippen molar-refractivity contribution in [2.24, 2.45) is 0 Å². The molecule has 1 aliphatic heterocycles. The van der Waals surface area contributed by atoms with Crippen molar-refractivity contribution in [2.75, 3.05) is 26.2 Å². The summed E-state index contributed by atoms with van der Waals surface area (Å²) in [6.45, 7) is 12.4. The number of unbranched alkanes of at least 4 members (excludes halogenated alkanes) is 18. The molecule has 192 valence electrons. The van der Waals surface area contributed by atoms with Crippen LogP contribution in [0.15, 0.2) is 0 Å².